The third-order valence-electron chi connectivity index (χ3n) is 3.19. The minimum Gasteiger partial charge on any atom is -0.351 e. The number of nitrogens with one attached hydrogen (secondary N) is 1. The van der Waals surface area contributed by atoms with Gasteiger partial charge in [-0.25, -0.2) is 4.98 Å². The monoisotopic (exact) mass is 285 g/mol. The van der Waals surface area contributed by atoms with Gasteiger partial charge in [-0.15, -0.1) is 0 Å². The van der Waals surface area contributed by atoms with Gasteiger partial charge < -0.3 is 10.2 Å². The summed E-state index contributed by atoms with van der Waals surface area (Å²) in [6.45, 7) is 8.82. The highest BCUT2D eigenvalue weighted by atomic mass is 15.2. The quantitative estimate of drug-likeness (QED) is 0.846. The standard InChI is InChI=1S/C16H23N5/c1-4-21(12-14-5-7-17-8-6-14)16-11-18-9-15(20-16)10-19-13(2)3/h5-9,11,13,19H,4,10,12H2,1-3H3. The number of hydrogen-bond donors (Lipinski definition) is 1. The Morgan fingerprint density at radius 1 is 1.14 bits per heavy atom. The van der Waals surface area contributed by atoms with Gasteiger partial charge in [0.25, 0.3) is 0 Å². The van der Waals surface area contributed by atoms with E-state index in [1.807, 2.05) is 36.9 Å². The molecule has 21 heavy (non-hydrogen) atoms. The normalized spacial score (nSPS) is 10.9. The van der Waals surface area contributed by atoms with E-state index in [0.29, 0.717) is 6.04 Å². The van der Waals surface area contributed by atoms with Gasteiger partial charge in [-0.1, -0.05) is 13.8 Å². The number of aromatic nitrogens is 3. The van der Waals surface area contributed by atoms with Crippen LogP contribution in [0.5, 0.6) is 0 Å². The molecule has 2 heterocycles. The largest absolute Gasteiger partial charge is 0.351 e. The van der Waals surface area contributed by atoms with E-state index in [9.17, 15) is 0 Å². The van der Waals surface area contributed by atoms with Crippen LogP contribution in [0.3, 0.4) is 0 Å². The molecule has 2 rings (SSSR count). The first-order valence-corrected chi connectivity index (χ1v) is 7.37. The molecule has 2 aromatic heterocycles. The van der Waals surface area contributed by atoms with Gasteiger partial charge in [0, 0.05) is 44.3 Å². The molecule has 0 radical (unpaired) electrons. The van der Waals surface area contributed by atoms with E-state index in [1.165, 1.54) is 5.56 Å². The van der Waals surface area contributed by atoms with E-state index in [-0.39, 0.29) is 0 Å². The van der Waals surface area contributed by atoms with Gasteiger partial charge in [0.1, 0.15) is 5.82 Å². The van der Waals surface area contributed by atoms with Crippen molar-refractivity contribution in [3.8, 4) is 0 Å². The summed E-state index contributed by atoms with van der Waals surface area (Å²) in [5.74, 6) is 0.914. The highest BCUT2D eigenvalue weighted by Crippen LogP contribution is 2.13. The highest BCUT2D eigenvalue weighted by molar-refractivity contribution is 5.37. The van der Waals surface area contributed by atoms with E-state index in [2.05, 4.69) is 41.0 Å². The lowest BCUT2D eigenvalue weighted by Gasteiger charge is -2.22. The number of nitrogens with zero attached hydrogens (tertiary/aromatic N) is 4. The Morgan fingerprint density at radius 2 is 1.90 bits per heavy atom. The van der Waals surface area contributed by atoms with E-state index >= 15 is 0 Å². The lowest BCUT2D eigenvalue weighted by atomic mass is 10.2. The highest BCUT2D eigenvalue weighted by Gasteiger charge is 2.08. The summed E-state index contributed by atoms with van der Waals surface area (Å²) in [4.78, 5) is 15.3. The van der Waals surface area contributed by atoms with Crippen molar-refractivity contribution in [3.63, 3.8) is 0 Å². The van der Waals surface area contributed by atoms with Crippen molar-refractivity contribution in [2.75, 3.05) is 11.4 Å². The smallest absolute Gasteiger partial charge is 0.147 e. The van der Waals surface area contributed by atoms with Gasteiger partial charge in [0.05, 0.1) is 11.9 Å². The fourth-order valence-corrected chi connectivity index (χ4v) is 2.00. The second-order valence-electron chi connectivity index (χ2n) is 5.27. The number of anilines is 1. The zero-order chi connectivity index (χ0) is 15.1. The maximum absolute atomic E-state index is 4.70. The van der Waals surface area contributed by atoms with Crippen molar-refractivity contribution >= 4 is 5.82 Å². The second kappa shape index (κ2) is 7.69. The molecule has 112 valence electrons. The minimum atomic E-state index is 0.439. The predicted molar refractivity (Wildman–Crippen MR) is 85.0 cm³/mol. The summed E-state index contributed by atoms with van der Waals surface area (Å²) >= 11 is 0. The maximum atomic E-state index is 4.70. The van der Waals surface area contributed by atoms with Crippen LogP contribution in [0.2, 0.25) is 0 Å². The van der Waals surface area contributed by atoms with E-state index < -0.39 is 0 Å². The van der Waals surface area contributed by atoms with Crippen LogP contribution >= 0.6 is 0 Å². The fraction of sp³-hybridized carbons (Fsp3) is 0.438. The first-order valence-electron chi connectivity index (χ1n) is 7.37. The number of rotatable bonds is 7. The molecule has 1 N–H and O–H groups in total. The van der Waals surface area contributed by atoms with E-state index in [0.717, 1.165) is 31.1 Å². The number of pyridine rings is 1. The topological polar surface area (TPSA) is 53.9 Å². The molecule has 0 saturated heterocycles. The molecule has 0 aliphatic carbocycles. The molecule has 0 spiro atoms. The Labute approximate surface area is 126 Å². The fourth-order valence-electron chi connectivity index (χ4n) is 2.00. The van der Waals surface area contributed by atoms with Crippen molar-refractivity contribution in [1.29, 1.82) is 0 Å². The van der Waals surface area contributed by atoms with Crippen LogP contribution in [-0.2, 0) is 13.1 Å². The molecule has 0 aliphatic heterocycles. The minimum absolute atomic E-state index is 0.439. The third kappa shape index (κ3) is 4.79. The average Bonchev–Trinajstić information content (AvgIpc) is 2.52. The Bertz CT molecular complexity index is 541. The molecular formula is C16H23N5. The molecule has 0 amide bonds. The van der Waals surface area contributed by atoms with Gasteiger partial charge >= 0.3 is 0 Å². The molecule has 5 heteroatoms. The van der Waals surface area contributed by atoms with Crippen molar-refractivity contribution in [3.05, 3.63) is 48.2 Å². The Morgan fingerprint density at radius 3 is 2.57 bits per heavy atom. The average molecular weight is 285 g/mol. The van der Waals surface area contributed by atoms with Gasteiger partial charge in [0.2, 0.25) is 0 Å². The Hall–Kier alpha value is -2.01. The van der Waals surface area contributed by atoms with Crippen molar-refractivity contribution in [2.45, 2.75) is 39.9 Å². The summed E-state index contributed by atoms with van der Waals surface area (Å²) in [5, 5.41) is 3.37. The van der Waals surface area contributed by atoms with Crippen LogP contribution in [0.4, 0.5) is 5.82 Å². The molecule has 0 fully saturated rings. The summed E-state index contributed by atoms with van der Waals surface area (Å²) in [6.07, 6.45) is 7.28. The molecule has 0 bridgehead atoms. The molecule has 0 aliphatic rings. The van der Waals surface area contributed by atoms with Gasteiger partial charge in [-0.2, -0.15) is 0 Å². The van der Waals surface area contributed by atoms with Gasteiger partial charge in [-0.3, -0.25) is 9.97 Å². The molecule has 0 unspecified atom stereocenters. The summed E-state index contributed by atoms with van der Waals surface area (Å²) in [7, 11) is 0. The van der Waals surface area contributed by atoms with Crippen molar-refractivity contribution in [1.82, 2.24) is 20.3 Å². The van der Waals surface area contributed by atoms with E-state index in [4.69, 9.17) is 4.98 Å². The first kappa shape index (κ1) is 15.4. The van der Waals surface area contributed by atoms with Crippen molar-refractivity contribution in [2.24, 2.45) is 0 Å². The lowest BCUT2D eigenvalue weighted by Crippen LogP contribution is -2.25. The summed E-state index contributed by atoms with van der Waals surface area (Å²) in [6, 6.07) is 4.50. The van der Waals surface area contributed by atoms with Crippen LogP contribution in [-0.4, -0.2) is 27.5 Å². The van der Waals surface area contributed by atoms with Crippen LogP contribution in [0.1, 0.15) is 32.0 Å². The first-order chi connectivity index (χ1) is 10.2. The maximum Gasteiger partial charge on any atom is 0.147 e. The molecule has 0 atom stereocenters. The Kier molecular flexibility index (Phi) is 5.63. The zero-order valence-electron chi connectivity index (χ0n) is 13.0. The lowest BCUT2D eigenvalue weighted by molar-refractivity contribution is 0.579. The molecule has 0 saturated carbocycles. The van der Waals surface area contributed by atoms with Gasteiger partial charge in [-0.05, 0) is 24.6 Å². The van der Waals surface area contributed by atoms with Crippen LogP contribution in [0.25, 0.3) is 0 Å². The predicted octanol–water partition coefficient (Wildman–Crippen LogP) is 2.40. The van der Waals surface area contributed by atoms with Crippen LogP contribution < -0.4 is 10.2 Å². The summed E-state index contributed by atoms with van der Waals surface area (Å²) < 4.78 is 0. The number of hydrogen-bond acceptors (Lipinski definition) is 5. The Balaban J connectivity index is 2.09. The molecule has 0 aromatic carbocycles. The molecular weight excluding hydrogens is 262 g/mol. The zero-order valence-corrected chi connectivity index (χ0v) is 13.0. The van der Waals surface area contributed by atoms with Crippen molar-refractivity contribution < 1.29 is 0 Å². The SMILES string of the molecule is CCN(Cc1ccncc1)c1cncc(CNC(C)C)n1. The van der Waals surface area contributed by atoms with E-state index in [1.54, 1.807) is 0 Å². The summed E-state index contributed by atoms with van der Waals surface area (Å²) in [5.41, 5.74) is 2.19. The second-order valence-corrected chi connectivity index (χ2v) is 5.27. The van der Waals surface area contributed by atoms with Crippen LogP contribution in [0, 0.1) is 0 Å². The van der Waals surface area contributed by atoms with Gasteiger partial charge in [0.15, 0.2) is 0 Å². The third-order valence-corrected chi connectivity index (χ3v) is 3.19. The van der Waals surface area contributed by atoms with Crippen LogP contribution in [0.15, 0.2) is 36.9 Å². The molecule has 5 nitrogen and oxygen atoms in total. The molecule has 2 aromatic rings.